The van der Waals surface area contributed by atoms with Gasteiger partial charge in [-0.2, -0.15) is 0 Å². The first kappa shape index (κ1) is 25.0. The Labute approximate surface area is 170 Å². The lowest BCUT2D eigenvalue weighted by molar-refractivity contribution is -0.111. The fourth-order valence-corrected chi connectivity index (χ4v) is 11.0. The standard InChI is InChI=1S/C21H44O4Si2/c1-15(2)27(16(3)4,17(5)6)23-13-18(19-21(10,14-22)24-19)25-26(11,12)20(7,8)9/h14-19H,13H2,1-12H3/t18-,19+,21+/m1/s1. The van der Waals surface area contributed by atoms with Crippen molar-refractivity contribution in [1.29, 1.82) is 0 Å². The van der Waals surface area contributed by atoms with Crippen molar-refractivity contribution >= 4 is 22.9 Å². The van der Waals surface area contributed by atoms with Crippen molar-refractivity contribution in [2.75, 3.05) is 6.61 Å². The average molecular weight is 417 g/mol. The van der Waals surface area contributed by atoms with E-state index in [1.165, 1.54) is 0 Å². The second-order valence-corrected chi connectivity index (χ2v) is 21.1. The number of epoxide rings is 1. The third kappa shape index (κ3) is 5.13. The van der Waals surface area contributed by atoms with Crippen LogP contribution >= 0.6 is 0 Å². The zero-order chi connectivity index (χ0) is 21.4. The van der Waals surface area contributed by atoms with Crippen molar-refractivity contribution in [3.8, 4) is 0 Å². The van der Waals surface area contributed by atoms with Gasteiger partial charge in [0, 0.05) is 0 Å². The molecule has 1 rings (SSSR count). The molecule has 1 aliphatic rings. The minimum atomic E-state index is -2.00. The van der Waals surface area contributed by atoms with Gasteiger partial charge >= 0.3 is 0 Å². The third-order valence-electron chi connectivity index (χ3n) is 6.92. The van der Waals surface area contributed by atoms with Crippen LogP contribution in [0.3, 0.4) is 0 Å². The molecule has 6 heteroatoms. The lowest BCUT2D eigenvalue weighted by Crippen LogP contribution is -2.52. The van der Waals surface area contributed by atoms with E-state index in [9.17, 15) is 4.79 Å². The van der Waals surface area contributed by atoms with Crippen LogP contribution in [0.15, 0.2) is 0 Å². The maximum Gasteiger partial charge on any atom is 0.200 e. The van der Waals surface area contributed by atoms with Gasteiger partial charge in [0.05, 0.1) is 12.7 Å². The van der Waals surface area contributed by atoms with Crippen LogP contribution in [0.5, 0.6) is 0 Å². The van der Waals surface area contributed by atoms with Gasteiger partial charge in [0.1, 0.15) is 11.7 Å². The largest absolute Gasteiger partial charge is 0.413 e. The minimum Gasteiger partial charge on any atom is -0.413 e. The Balaban J connectivity index is 3.10. The Kier molecular flexibility index (Phi) is 7.77. The number of rotatable bonds is 10. The summed E-state index contributed by atoms with van der Waals surface area (Å²) in [5.74, 6) is 0. The molecular weight excluding hydrogens is 372 g/mol. The van der Waals surface area contributed by atoms with Gasteiger partial charge in [0.2, 0.25) is 0 Å². The molecule has 0 aliphatic carbocycles. The fraction of sp³-hybridized carbons (Fsp3) is 0.952. The molecule has 1 heterocycles. The maximum absolute atomic E-state index is 11.5. The van der Waals surface area contributed by atoms with Crippen molar-refractivity contribution in [1.82, 2.24) is 0 Å². The van der Waals surface area contributed by atoms with E-state index in [1.807, 2.05) is 6.92 Å². The molecule has 0 saturated carbocycles. The summed E-state index contributed by atoms with van der Waals surface area (Å²) in [6.07, 6.45) is 0.518. The number of carbonyl (C=O) groups excluding carboxylic acids is 1. The third-order valence-corrected chi connectivity index (χ3v) is 17.5. The molecular formula is C21H44O4Si2. The molecule has 27 heavy (non-hydrogen) atoms. The monoisotopic (exact) mass is 416 g/mol. The summed E-state index contributed by atoms with van der Waals surface area (Å²) in [6.45, 7) is 27.3. The molecule has 0 N–H and O–H groups in total. The van der Waals surface area contributed by atoms with Crippen LogP contribution in [-0.4, -0.2) is 47.3 Å². The second kappa shape index (κ2) is 8.38. The van der Waals surface area contributed by atoms with Crippen LogP contribution in [-0.2, 0) is 18.4 Å². The highest BCUT2D eigenvalue weighted by molar-refractivity contribution is 6.77. The SMILES string of the molecule is CC(C)[Si](OC[C@@H](O[Si](C)(C)C(C)(C)C)[C@@H]1O[C@@]1(C)C=O)(C(C)C)C(C)C. The van der Waals surface area contributed by atoms with Crippen LogP contribution in [0.2, 0.25) is 34.8 Å². The van der Waals surface area contributed by atoms with E-state index in [1.54, 1.807) is 0 Å². The maximum atomic E-state index is 11.5. The molecule has 0 bridgehead atoms. The number of carbonyl (C=O) groups is 1. The first-order chi connectivity index (χ1) is 12.0. The zero-order valence-corrected chi connectivity index (χ0v) is 21.8. The van der Waals surface area contributed by atoms with E-state index in [0.29, 0.717) is 23.2 Å². The molecule has 0 amide bonds. The average Bonchev–Trinajstić information content (AvgIpc) is 3.17. The van der Waals surface area contributed by atoms with Gasteiger partial charge in [0.15, 0.2) is 22.9 Å². The van der Waals surface area contributed by atoms with Crippen molar-refractivity contribution in [3.05, 3.63) is 0 Å². The summed E-state index contributed by atoms with van der Waals surface area (Å²) in [5.41, 5.74) is 0.824. The van der Waals surface area contributed by atoms with Crippen molar-refractivity contribution < 1.29 is 18.4 Å². The summed E-state index contributed by atoms with van der Waals surface area (Å²) in [4.78, 5) is 11.5. The molecule has 0 spiro atoms. The highest BCUT2D eigenvalue weighted by Crippen LogP contribution is 2.46. The first-order valence-electron chi connectivity index (χ1n) is 10.5. The van der Waals surface area contributed by atoms with E-state index < -0.39 is 22.2 Å². The molecule has 1 fully saturated rings. The Bertz CT molecular complexity index is 489. The highest BCUT2D eigenvalue weighted by Gasteiger charge is 2.59. The van der Waals surface area contributed by atoms with Crippen LogP contribution in [0, 0.1) is 0 Å². The van der Waals surface area contributed by atoms with E-state index in [4.69, 9.17) is 13.6 Å². The molecule has 0 aromatic rings. The summed E-state index contributed by atoms with van der Waals surface area (Å²) in [7, 11) is -4.00. The number of aldehydes is 1. The molecule has 0 radical (unpaired) electrons. The Morgan fingerprint density at radius 1 is 1.04 bits per heavy atom. The molecule has 0 aromatic heterocycles. The van der Waals surface area contributed by atoms with Gasteiger partial charge in [-0.05, 0) is 41.7 Å². The second-order valence-electron chi connectivity index (χ2n) is 10.9. The van der Waals surface area contributed by atoms with Gasteiger partial charge in [0.25, 0.3) is 0 Å². The van der Waals surface area contributed by atoms with E-state index in [0.717, 1.165) is 6.29 Å². The predicted octanol–water partition coefficient (Wildman–Crippen LogP) is 5.93. The van der Waals surface area contributed by atoms with Crippen LogP contribution in [0.1, 0.15) is 69.2 Å². The van der Waals surface area contributed by atoms with Crippen LogP contribution < -0.4 is 0 Å². The summed E-state index contributed by atoms with van der Waals surface area (Å²) < 4.78 is 19.3. The molecule has 1 saturated heterocycles. The van der Waals surface area contributed by atoms with Gasteiger partial charge in [-0.25, -0.2) is 0 Å². The summed E-state index contributed by atoms with van der Waals surface area (Å²) in [5, 5.41) is 0.0976. The molecule has 3 atom stereocenters. The number of ether oxygens (including phenoxy) is 1. The Hall–Kier alpha value is -0.0162. The lowest BCUT2D eigenvalue weighted by Gasteiger charge is -2.44. The Morgan fingerprint density at radius 2 is 1.48 bits per heavy atom. The predicted molar refractivity (Wildman–Crippen MR) is 118 cm³/mol. The van der Waals surface area contributed by atoms with E-state index in [2.05, 4.69) is 75.4 Å². The van der Waals surface area contributed by atoms with Gasteiger partial charge < -0.3 is 18.4 Å². The molecule has 0 aromatic carbocycles. The molecule has 1 aliphatic heterocycles. The summed E-state index contributed by atoms with van der Waals surface area (Å²) >= 11 is 0. The van der Waals surface area contributed by atoms with Gasteiger partial charge in [-0.1, -0.05) is 62.3 Å². The topological polar surface area (TPSA) is 48.1 Å². The first-order valence-corrected chi connectivity index (χ1v) is 15.6. The normalized spacial score (nSPS) is 25.4. The smallest absolute Gasteiger partial charge is 0.200 e. The van der Waals surface area contributed by atoms with Gasteiger partial charge in [-0.3, -0.25) is 0 Å². The number of hydrogen-bond donors (Lipinski definition) is 0. The highest BCUT2D eigenvalue weighted by atomic mass is 28.4. The minimum absolute atomic E-state index is 0.0976. The Morgan fingerprint density at radius 3 is 1.78 bits per heavy atom. The van der Waals surface area contributed by atoms with Crippen molar-refractivity contribution in [2.24, 2.45) is 0 Å². The van der Waals surface area contributed by atoms with Crippen LogP contribution in [0.4, 0.5) is 0 Å². The van der Waals surface area contributed by atoms with E-state index >= 15 is 0 Å². The van der Waals surface area contributed by atoms with Gasteiger partial charge in [-0.15, -0.1) is 0 Å². The van der Waals surface area contributed by atoms with Crippen LogP contribution in [0.25, 0.3) is 0 Å². The fourth-order valence-electron chi connectivity index (χ4n) is 4.24. The lowest BCUT2D eigenvalue weighted by atomic mass is 10.1. The summed E-state index contributed by atoms with van der Waals surface area (Å²) in [6, 6.07) is 0. The zero-order valence-electron chi connectivity index (χ0n) is 19.8. The molecule has 160 valence electrons. The molecule has 4 nitrogen and oxygen atoms in total. The number of hydrogen-bond acceptors (Lipinski definition) is 4. The van der Waals surface area contributed by atoms with E-state index in [-0.39, 0.29) is 17.2 Å². The van der Waals surface area contributed by atoms with Crippen molar-refractivity contribution in [2.45, 2.75) is 122 Å². The van der Waals surface area contributed by atoms with Crippen molar-refractivity contribution in [3.63, 3.8) is 0 Å². The quantitative estimate of drug-likeness (QED) is 0.252. The molecule has 0 unspecified atom stereocenters.